The Balaban J connectivity index is 2.84. The summed E-state index contributed by atoms with van der Waals surface area (Å²) in [5.41, 5.74) is 13.2. The molecule has 98 valence electrons. The molecule has 0 aliphatic carbocycles. The lowest BCUT2D eigenvalue weighted by atomic mass is 10.0. The van der Waals surface area contributed by atoms with Crippen molar-refractivity contribution >= 4 is 34.7 Å². The van der Waals surface area contributed by atoms with E-state index in [4.69, 9.17) is 35.9 Å². The minimum absolute atomic E-state index is 0.0690. The lowest BCUT2D eigenvalue weighted by Gasteiger charge is -2.18. The number of thiocarbonyl (C=S) groups is 2. The Kier molecular flexibility index (Phi) is 5.30. The third kappa shape index (κ3) is 4.46. The summed E-state index contributed by atoms with van der Waals surface area (Å²) in [5.74, 6) is 0. The first-order valence-electron chi connectivity index (χ1n) is 5.62. The fourth-order valence-corrected chi connectivity index (χ4v) is 2.04. The maximum Gasteiger partial charge on any atom is 0.164 e. The van der Waals surface area contributed by atoms with Crippen molar-refractivity contribution in [3.8, 4) is 0 Å². The zero-order chi connectivity index (χ0) is 13.7. The van der Waals surface area contributed by atoms with Crippen LogP contribution in [0.1, 0.15) is 37.1 Å². The molecule has 0 bridgehead atoms. The van der Waals surface area contributed by atoms with Crippen LogP contribution in [0.15, 0.2) is 24.3 Å². The fourth-order valence-electron chi connectivity index (χ4n) is 1.69. The highest BCUT2D eigenvalue weighted by molar-refractivity contribution is 7.80. The van der Waals surface area contributed by atoms with Crippen molar-refractivity contribution in [2.45, 2.75) is 25.9 Å². The third-order valence-electron chi connectivity index (χ3n) is 2.63. The summed E-state index contributed by atoms with van der Waals surface area (Å²) in [7, 11) is 0. The molecule has 0 saturated heterocycles. The second-order valence-corrected chi connectivity index (χ2v) is 5.01. The molecule has 6 N–H and O–H groups in total. The molecule has 0 aliphatic heterocycles. The first-order chi connectivity index (χ1) is 8.40. The Morgan fingerprint density at radius 2 is 1.39 bits per heavy atom. The normalized spacial score (nSPS) is 13.4. The molecule has 0 aliphatic rings. The lowest BCUT2D eigenvalue weighted by molar-refractivity contribution is 0.697. The number of nitrogens with two attached hydrogens (primary N) is 2. The summed E-state index contributed by atoms with van der Waals surface area (Å²) >= 11 is 9.67. The van der Waals surface area contributed by atoms with Crippen LogP contribution in [0.5, 0.6) is 0 Å². The van der Waals surface area contributed by atoms with E-state index in [2.05, 4.69) is 16.7 Å². The number of nitrogens with one attached hydrogen (secondary N) is 2. The minimum atomic E-state index is 0.0690. The molecule has 0 aromatic heterocycles. The highest BCUT2D eigenvalue weighted by Crippen LogP contribution is 2.18. The first kappa shape index (κ1) is 14.7. The largest absolute Gasteiger partial charge is 0.376 e. The predicted octanol–water partition coefficient (Wildman–Crippen LogP) is 1.48. The molecule has 0 spiro atoms. The van der Waals surface area contributed by atoms with Gasteiger partial charge in [-0.05, 0) is 49.4 Å². The van der Waals surface area contributed by atoms with Crippen LogP contribution in [-0.4, -0.2) is 10.2 Å². The van der Waals surface area contributed by atoms with E-state index >= 15 is 0 Å². The highest BCUT2D eigenvalue weighted by atomic mass is 32.1. The molecule has 1 aromatic carbocycles. The first-order valence-corrected chi connectivity index (χ1v) is 6.43. The van der Waals surface area contributed by atoms with Crippen LogP contribution in [0.2, 0.25) is 0 Å². The van der Waals surface area contributed by atoms with Gasteiger partial charge in [0.15, 0.2) is 10.2 Å². The standard InChI is InChI=1S/C12H18N4S2/c1-7(15-11(13)17)9-4-3-5-10(6-9)8(2)16-12(14)18/h3-8H,1-2H3,(H3,13,15,17)(H3,14,16,18). The molecular weight excluding hydrogens is 264 g/mol. The molecule has 2 unspecified atom stereocenters. The quantitative estimate of drug-likeness (QED) is 0.627. The van der Waals surface area contributed by atoms with Gasteiger partial charge in [-0.15, -0.1) is 0 Å². The second kappa shape index (κ2) is 6.51. The van der Waals surface area contributed by atoms with Crippen molar-refractivity contribution in [3.63, 3.8) is 0 Å². The maximum atomic E-state index is 5.47. The van der Waals surface area contributed by atoms with Crippen molar-refractivity contribution in [2.75, 3.05) is 0 Å². The highest BCUT2D eigenvalue weighted by Gasteiger charge is 2.09. The van der Waals surface area contributed by atoms with E-state index in [9.17, 15) is 0 Å². The van der Waals surface area contributed by atoms with Gasteiger partial charge >= 0.3 is 0 Å². The molecule has 0 heterocycles. The van der Waals surface area contributed by atoms with Crippen molar-refractivity contribution in [1.82, 2.24) is 10.6 Å². The van der Waals surface area contributed by atoms with Crippen LogP contribution in [0, 0.1) is 0 Å². The molecule has 18 heavy (non-hydrogen) atoms. The van der Waals surface area contributed by atoms with Crippen LogP contribution in [-0.2, 0) is 0 Å². The number of benzene rings is 1. The smallest absolute Gasteiger partial charge is 0.164 e. The van der Waals surface area contributed by atoms with E-state index in [1.165, 1.54) is 0 Å². The predicted molar refractivity (Wildman–Crippen MR) is 83.1 cm³/mol. The van der Waals surface area contributed by atoms with E-state index in [0.717, 1.165) is 11.1 Å². The Morgan fingerprint density at radius 3 is 1.72 bits per heavy atom. The van der Waals surface area contributed by atoms with Crippen molar-refractivity contribution in [3.05, 3.63) is 35.4 Å². The average Bonchev–Trinajstić information content (AvgIpc) is 2.27. The molecule has 0 saturated carbocycles. The van der Waals surface area contributed by atoms with E-state index < -0.39 is 0 Å². The molecule has 0 fully saturated rings. The van der Waals surface area contributed by atoms with Crippen LogP contribution in [0.4, 0.5) is 0 Å². The Bertz CT molecular complexity index is 410. The number of rotatable bonds is 4. The van der Waals surface area contributed by atoms with Crippen LogP contribution < -0.4 is 22.1 Å². The molecule has 1 aromatic rings. The van der Waals surface area contributed by atoms with Crippen LogP contribution in [0.3, 0.4) is 0 Å². The van der Waals surface area contributed by atoms with Gasteiger partial charge in [0.2, 0.25) is 0 Å². The summed E-state index contributed by atoms with van der Waals surface area (Å²) in [6.45, 7) is 4.01. The van der Waals surface area contributed by atoms with Crippen molar-refractivity contribution in [2.24, 2.45) is 11.5 Å². The maximum absolute atomic E-state index is 5.47. The van der Waals surface area contributed by atoms with Crippen LogP contribution in [0.25, 0.3) is 0 Å². The lowest BCUT2D eigenvalue weighted by Crippen LogP contribution is -2.32. The summed E-state index contributed by atoms with van der Waals surface area (Å²) in [5, 5.41) is 6.60. The zero-order valence-electron chi connectivity index (χ0n) is 10.4. The van der Waals surface area contributed by atoms with Gasteiger partial charge in [-0.3, -0.25) is 0 Å². The van der Waals surface area contributed by atoms with Crippen LogP contribution >= 0.6 is 24.4 Å². The van der Waals surface area contributed by atoms with E-state index in [1.54, 1.807) is 0 Å². The Labute approximate surface area is 118 Å². The summed E-state index contributed by atoms with van der Waals surface area (Å²) in [6, 6.07) is 8.24. The molecule has 0 amide bonds. The van der Waals surface area contributed by atoms with Gasteiger partial charge in [-0.25, -0.2) is 0 Å². The zero-order valence-corrected chi connectivity index (χ0v) is 12.1. The molecule has 0 radical (unpaired) electrons. The van der Waals surface area contributed by atoms with Gasteiger partial charge in [0, 0.05) is 0 Å². The summed E-state index contributed by atoms with van der Waals surface area (Å²) < 4.78 is 0. The SMILES string of the molecule is CC(NC(N)=S)c1cccc(C(C)NC(N)=S)c1. The average molecular weight is 282 g/mol. The monoisotopic (exact) mass is 282 g/mol. The van der Waals surface area contributed by atoms with Crippen molar-refractivity contribution < 1.29 is 0 Å². The van der Waals surface area contributed by atoms with Gasteiger partial charge < -0.3 is 22.1 Å². The van der Waals surface area contributed by atoms with E-state index in [-0.39, 0.29) is 12.1 Å². The van der Waals surface area contributed by atoms with Gasteiger partial charge in [0.1, 0.15) is 0 Å². The van der Waals surface area contributed by atoms with Gasteiger partial charge in [-0.1, -0.05) is 24.3 Å². The van der Waals surface area contributed by atoms with Crippen molar-refractivity contribution in [1.29, 1.82) is 0 Å². The van der Waals surface area contributed by atoms with Gasteiger partial charge in [0.25, 0.3) is 0 Å². The molecule has 6 heteroatoms. The Hall–Kier alpha value is -1.40. The van der Waals surface area contributed by atoms with E-state index in [1.807, 2.05) is 32.0 Å². The van der Waals surface area contributed by atoms with Gasteiger partial charge in [0.05, 0.1) is 12.1 Å². The summed E-state index contributed by atoms with van der Waals surface area (Å²) in [6.07, 6.45) is 0. The fraction of sp³-hybridized carbons (Fsp3) is 0.333. The Morgan fingerprint density at radius 1 is 1.00 bits per heavy atom. The molecule has 1 rings (SSSR count). The third-order valence-corrected chi connectivity index (χ3v) is 2.86. The number of hydrogen-bond donors (Lipinski definition) is 4. The van der Waals surface area contributed by atoms with Gasteiger partial charge in [-0.2, -0.15) is 0 Å². The second-order valence-electron chi connectivity index (χ2n) is 4.13. The minimum Gasteiger partial charge on any atom is -0.376 e. The molecule has 4 nitrogen and oxygen atoms in total. The molecular formula is C12H18N4S2. The van der Waals surface area contributed by atoms with E-state index in [0.29, 0.717) is 10.2 Å². The topological polar surface area (TPSA) is 76.1 Å². The molecule has 2 atom stereocenters. The summed E-state index contributed by atoms with van der Waals surface area (Å²) in [4.78, 5) is 0. The number of hydrogen-bond acceptors (Lipinski definition) is 2.